The second-order valence-electron chi connectivity index (χ2n) is 7.52. The van der Waals surface area contributed by atoms with E-state index in [-0.39, 0.29) is 28.9 Å². The van der Waals surface area contributed by atoms with Crippen molar-refractivity contribution in [3.05, 3.63) is 82.4 Å². The molecule has 2 aliphatic rings. The van der Waals surface area contributed by atoms with E-state index in [9.17, 15) is 14.4 Å². The number of hydrogen-bond acceptors (Lipinski definition) is 3. The van der Waals surface area contributed by atoms with E-state index < -0.39 is 17.7 Å². The minimum Gasteiger partial charge on any atom is -0.272 e. The fraction of sp³-hybridized carbons (Fsp3) is 0.261. The highest BCUT2D eigenvalue weighted by atomic mass is 35.5. The van der Waals surface area contributed by atoms with E-state index in [0.717, 1.165) is 16.1 Å². The van der Waals surface area contributed by atoms with Gasteiger partial charge in [-0.05, 0) is 37.5 Å². The third-order valence-electron chi connectivity index (χ3n) is 5.56. The molecular weight excluding hydrogens is 388 g/mol. The van der Waals surface area contributed by atoms with E-state index in [0.29, 0.717) is 12.8 Å². The molecule has 0 aromatic heterocycles. The number of carbonyl (C=O) groups excluding carboxylic acids is 3. The van der Waals surface area contributed by atoms with Crippen LogP contribution in [0, 0.1) is 11.8 Å². The molecule has 0 saturated carbocycles. The number of fused-ring (bicyclic) bond motifs is 1. The first-order valence-electron chi connectivity index (χ1n) is 9.61. The number of carbonyl (C=O) groups is 3. The van der Waals surface area contributed by atoms with Crippen molar-refractivity contribution in [2.75, 3.05) is 0 Å². The number of amides is 3. The molecule has 1 heterocycles. The molecule has 0 radical (unpaired) electrons. The molecule has 29 heavy (non-hydrogen) atoms. The Morgan fingerprint density at radius 1 is 1.03 bits per heavy atom. The van der Waals surface area contributed by atoms with Crippen molar-refractivity contribution in [2.24, 2.45) is 11.8 Å². The van der Waals surface area contributed by atoms with Crippen LogP contribution in [0.15, 0.2) is 66.2 Å². The lowest BCUT2D eigenvalue weighted by Gasteiger charge is -2.31. The first kappa shape index (κ1) is 19.4. The lowest BCUT2D eigenvalue weighted by Crippen LogP contribution is -2.49. The van der Waals surface area contributed by atoms with Gasteiger partial charge in [0.15, 0.2) is 0 Å². The minimum atomic E-state index is -0.468. The molecule has 1 aliphatic carbocycles. The van der Waals surface area contributed by atoms with E-state index in [4.69, 9.17) is 11.6 Å². The average Bonchev–Trinajstić information content (AvgIpc) is 2.96. The van der Waals surface area contributed by atoms with E-state index >= 15 is 0 Å². The van der Waals surface area contributed by atoms with Gasteiger partial charge in [-0.25, -0.2) is 5.01 Å². The second kappa shape index (κ2) is 7.84. The summed E-state index contributed by atoms with van der Waals surface area (Å²) in [4.78, 5) is 39.8. The van der Waals surface area contributed by atoms with E-state index in [2.05, 4.69) is 0 Å². The number of nitrogens with zero attached hydrogens (tertiary/aromatic N) is 2. The van der Waals surface area contributed by atoms with Crippen LogP contribution in [0.1, 0.15) is 35.7 Å². The highest BCUT2D eigenvalue weighted by Gasteiger charge is 2.51. The molecule has 0 spiro atoms. The Balaban J connectivity index is 1.73. The Morgan fingerprint density at radius 3 is 2.41 bits per heavy atom. The number of allylic oxidation sites excluding steroid dienone is 2. The normalized spacial score (nSPS) is 21.0. The van der Waals surface area contributed by atoms with Crippen LogP contribution in [-0.4, -0.2) is 27.7 Å². The van der Waals surface area contributed by atoms with E-state index in [1.807, 2.05) is 43.3 Å². The molecule has 1 aliphatic heterocycles. The molecule has 2 atom stereocenters. The van der Waals surface area contributed by atoms with Crippen molar-refractivity contribution in [3.8, 4) is 0 Å². The van der Waals surface area contributed by atoms with Crippen molar-refractivity contribution < 1.29 is 14.4 Å². The molecule has 148 valence electrons. The first-order valence-corrected chi connectivity index (χ1v) is 9.99. The summed E-state index contributed by atoms with van der Waals surface area (Å²) in [5.74, 6) is -1.93. The Kier molecular flexibility index (Phi) is 5.24. The lowest BCUT2D eigenvalue weighted by atomic mass is 9.82. The van der Waals surface area contributed by atoms with Crippen LogP contribution < -0.4 is 0 Å². The number of halogens is 1. The van der Waals surface area contributed by atoms with Gasteiger partial charge in [-0.15, -0.1) is 0 Å². The molecule has 0 bridgehead atoms. The third-order valence-corrected chi connectivity index (χ3v) is 5.88. The van der Waals surface area contributed by atoms with Crippen LogP contribution in [0.5, 0.6) is 0 Å². The van der Waals surface area contributed by atoms with Gasteiger partial charge in [0.1, 0.15) is 0 Å². The number of rotatable bonds is 4. The number of imide groups is 1. The zero-order valence-electron chi connectivity index (χ0n) is 16.0. The van der Waals surface area contributed by atoms with Crippen molar-refractivity contribution >= 4 is 29.3 Å². The van der Waals surface area contributed by atoms with Gasteiger partial charge in [0.25, 0.3) is 17.7 Å². The summed E-state index contributed by atoms with van der Waals surface area (Å²) in [6.45, 7) is 2.07. The van der Waals surface area contributed by atoms with Crippen LogP contribution in [0.2, 0.25) is 5.02 Å². The average molecular weight is 409 g/mol. The predicted octanol–water partition coefficient (Wildman–Crippen LogP) is 4.24. The number of hydrazine groups is 1. The largest absolute Gasteiger partial charge is 0.274 e. The maximum absolute atomic E-state index is 13.4. The fourth-order valence-electron chi connectivity index (χ4n) is 4.02. The molecule has 0 unspecified atom stereocenters. The quantitative estimate of drug-likeness (QED) is 0.561. The summed E-state index contributed by atoms with van der Waals surface area (Å²) in [7, 11) is 0. The number of benzene rings is 2. The van der Waals surface area contributed by atoms with Crippen LogP contribution >= 0.6 is 11.6 Å². The van der Waals surface area contributed by atoms with Gasteiger partial charge in [0, 0.05) is 0 Å². The van der Waals surface area contributed by atoms with Gasteiger partial charge in [0.05, 0.1) is 29.0 Å². The zero-order chi connectivity index (χ0) is 20.5. The SMILES string of the molecule is CC1=CC[C@@H]2C(=O)N(N(Cc3ccccc3)C(=O)c3ccccc3Cl)C(=O)[C@H]2C1. The highest BCUT2D eigenvalue weighted by Crippen LogP contribution is 2.39. The zero-order valence-corrected chi connectivity index (χ0v) is 16.8. The molecule has 1 saturated heterocycles. The summed E-state index contributed by atoms with van der Waals surface area (Å²) in [5, 5.41) is 2.58. The number of hydrogen-bond donors (Lipinski definition) is 0. The van der Waals surface area contributed by atoms with Gasteiger partial charge < -0.3 is 0 Å². The molecule has 6 heteroatoms. The van der Waals surface area contributed by atoms with Crippen molar-refractivity contribution in [3.63, 3.8) is 0 Å². The van der Waals surface area contributed by atoms with Crippen molar-refractivity contribution in [1.29, 1.82) is 0 Å². The molecule has 2 aromatic carbocycles. The van der Waals surface area contributed by atoms with Crippen molar-refractivity contribution in [2.45, 2.75) is 26.3 Å². The molecular formula is C23H21ClN2O3. The van der Waals surface area contributed by atoms with Gasteiger partial charge in [-0.1, -0.05) is 65.7 Å². The van der Waals surface area contributed by atoms with Crippen LogP contribution in [0.4, 0.5) is 0 Å². The summed E-state index contributed by atoms with van der Waals surface area (Å²) < 4.78 is 0. The minimum absolute atomic E-state index is 0.105. The maximum atomic E-state index is 13.4. The summed E-state index contributed by atoms with van der Waals surface area (Å²) >= 11 is 6.24. The smallest absolute Gasteiger partial charge is 0.272 e. The van der Waals surface area contributed by atoms with E-state index in [1.54, 1.807) is 24.3 Å². The van der Waals surface area contributed by atoms with Crippen LogP contribution in [0.25, 0.3) is 0 Å². The summed E-state index contributed by atoms with van der Waals surface area (Å²) in [5.41, 5.74) is 2.17. The fourth-order valence-corrected chi connectivity index (χ4v) is 4.24. The topological polar surface area (TPSA) is 57.7 Å². The lowest BCUT2D eigenvalue weighted by molar-refractivity contribution is -0.155. The Morgan fingerprint density at radius 2 is 1.69 bits per heavy atom. The van der Waals surface area contributed by atoms with E-state index in [1.165, 1.54) is 5.01 Å². The Labute approximate surface area is 174 Å². The molecule has 5 nitrogen and oxygen atoms in total. The standard InChI is InChI=1S/C23H21ClN2O3/c1-15-11-12-17-19(13-15)23(29)26(22(17)28)25(14-16-7-3-2-4-8-16)21(27)18-9-5-6-10-20(18)24/h2-11,17,19H,12-14H2,1H3/t17-,19-/m0/s1. The highest BCUT2D eigenvalue weighted by molar-refractivity contribution is 6.33. The molecule has 4 rings (SSSR count). The summed E-state index contributed by atoms with van der Waals surface area (Å²) in [6, 6.07) is 16.0. The molecule has 1 fully saturated rings. The Hall–Kier alpha value is -2.92. The van der Waals surface area contributed by atoms with Gasteiger partial charge >= 0.3 is 0 Å². The monoisotopic (exact) mass is 408 g/mol. The first-order chi connectivity index (χ1) is 14.0. The maximum Gasteiger partial charge on any atom is 0.274 e. The Bertz CT molecular complexity index is 1000. The van der Waals surface area contributed by atoms with Crippen LogP contribution in [0.3, 0.4) is 0 Å². The predicted molar refractivity (Wildman–Crippen MR) is 110 cm³/mol. The van der Waals surface area contributed by atoms with Gasteiger partial charge in [-0.3, -0.25) is 14.4 Å². The van der Waals surface area contributed by atoms with Gasteiger partial charge in [0.2, 0.25) is 0 Å². The van der Waals surface area contributed by atoms with Gasteiger partial charge in [-0.2, -0.15) is 5.01 Å². The third kappa shape index (κ3) is 3.58. The molecule has 3 amide bonds. The second-order valence-corrected chi connectivity index (χ2v) is 7.93. The molecule has 0 N–H and O–H groups in total. The van der Waals surface area contributed by atoms with Crippen molar-refractivity contribution in [1.82, 2.24) is 10.0 Å². The van der Waals surface area contributed by atoms with Crippen LogP contribution in [-0.2, 0) is 16.1 Å². The molecule has 2 aromatic rings. The summed E-state index contributed by atoms with van der Waals surface area (Å²) in [6.07, 6.45) is 3.08.